The zero-order valence-electron chi connectivity index (χ0n) is 15.7. The van der Waals surface area contributed by atoms with Crippen LogP contribution in [0.2, 0.25) is 0 Å². The van der Waals surface area contributed by atoms with Crippen molar-refractivity contribution >= 4 is 11.6 Å². The molecule has 0 aliphatic rings. The molecule has 0 fully saturated rings. The highest BCUT2D eigenvalue weighted by Gasteiger charge is 2.12. The van der Waals surface area contributed by atoms with Gasteiger partial charge in [0, 0.05) is 24.4 Å². The Balaban J connectivity index is 1.55. The summed E-state index contributed by atoms with van der Waals surface area (Å²) in [5.74, 6) is 0.289. The molecule has 0 saturated heterocycles. The van der Waals surface area contributed by atoms with Crippen LogP contribution in [0.5, 0.6) is 0 Å². The van der Waals surface area contributed by atoms with E-state index in [1.807, 2.05) is 55.6 Å². The summed E-state index contributed by atoms with van der Waals surface area (Å²) in [6, 6.07) is 19.5. The Labute approximate surface area is 166 Å². The Morgan fingerprint density at radius 2 is 1.86 bits per heavy atom. The number of nitrogens with one attached hydrogen (secondary N) is 1. The number of aromatic nitrogens is 5. The molecule has 0 aliphatic carbocycles. The molecule has 0 unspecified atom stereocenters. The van der Waals surface area contributed by atoms with E-state index in [9.17, 15) is 9.59 Å². The lowest BCUT2D eigenvalue weighted by molar-refractivity contribution is 0.102. The van der Waals surface area contributed by atoms with Crippen molar-refractivity contribution in [2.45, 2.75) is 6.54 Å². The third-order valence-corrected chi connectivity index (χ3v) is 4.36. The summed E-state index contributed by atoms with van der Waals surface area (Å²) in [6.45, 7) is 0.294. The highest BCUT2D eigenvalue weighted by atomic mass is 16.2. The average Bonchev–Trinajstić information content (AvgIpc) is 3.16. The number of benzene rings is 2. The van der Waals surface area contributed by atoms with Crippen molar-refractivity contribution in [3.8, 4) is 11.4 Å². The quantitative estimate of drug-likeness (QED) is 0.568. The molecular weight excluding hydrogens is 368 g/mol. The Kier molecular flexibility index (Phi) is 4.98. The van der Waals surface area contributed by atoms with Gasteiger partial charge in [-0.15, -0.1) is 10.2 Å². The molecule has 8 nitrogen and oxygen atoms in total. The fourth-order valence-electron chi connectivity index (χ4n) is 2.92. The first-order valence-corrected chi connectivity index (χ1v) is 8.98. The highest BCUT2D eigenvalue weighted by Crippen LogP contribution is 2.20. The second-order valence-corrected chi connectivity index (χ2v) is 6.50. The van der Waals surface area contributed by atoms with Gasteiger partial charge in [-0.1, -0.05) is 42.5 Å². The average molecular weight is 386 g/mol. The van der Waals surface area contributed by atoms with Gasteiger partial charge in [-0.2, -0.15) is 5.10 Å². The van der Waals surface area contributed by atoms with Gasteiger partial charge in [-0.3, -0.25) is 9.59 Å². The lowest BCUT2D eigenvalue weighted by atomic mass is 10.2. The maximum atomic E-state index is 12.7. The number of anilines is 1. The molecule has 1 N–H and O–H groups in total. The Bertz CT molecular complexity index is 1210. The van der Waals surface area contributed by atoms with E-state index in [1.54, 1.807) is 17.0 Å². The summed E-state index contributed by atoms with van der Waals surface area (Å²) in [6.07, 6.45) is 1.61. The number of aryl methyl sites for hydroxylation is 1. The van der Waals surface area contributed by atoms with Gasteiger partial charge in [0.2, 0.25) is 0 Å². The first-order valence-electron chi connectivity index (χ1n) is 8.98. The normalized spacial score (nSPS) is 10.7. The number of carbonyl (C=O) groups excluding carboxylic acids is 1. The zero-order chi connectivity index (χ0) is 20.2. The molecule has 2 aromatic heterocycles. The van der Waals surface area contributed by atoms with Gasteiger partial charge in [0.1, 0.15) is 12.0 Å². The topological polar surface area (TPSA) is 94.7 Å². The van der Waals surface area contributed by atoms with Gasteiger partial charge >= 0.3 is 0 Å². The summed E-state index contributed by atoms with van der Waals surface area (Å²) >= 11 is 0. The molecule has 0 bridgehead atoms. The predicted octanol–water partition coefficient (Wildman–Crippen LogP) is 2.34. The van der Waals surface area contributed by atoms with Gasteiger partial charge in [-0.25, -0.2) is 4.68 Å². The van der Waals surface area contributed by atoms with Crippen LogP contribution in [0.25, 0.3) is 11.4 Å². The minimum atomic E-state index is -0.401. The predicted molar refractivity (Wildman–Crippen MR) is 108 cm³/mol. The van der Waals surface area contributed by atoms with Gasteiger partial charge in [0.25, 0.3) is 11.5 Å². The Morgan fingerprint density at radius 3 is 2.62 bits per heavy atom. The molecule has 1 amide bonds. The third kappa shape index (κ3) is 4.11. The minimum absolute atomic E-state index is 0.157. The number of nitrogens with zero attached hydrogens (tertiary/aromatic N) is 5. The standard InChI is InChI=1S/C21H18N6O2/c1-26-14-22-24-20(26)16-8-5-9-17(12-16)23-21(29)18-10-11-19(28)27(25-18)13-15-6-3-2-4-7-15/h2-12,14H,13H2,1H3,(H,23,29). The molecule has 0 radical (unpaired) electrons. The lowest BCUT2D eigenvalue weighted by Gasteiger charge is -2.09. The van der Waals surface area contributed by atoms with E-state index >= 15 is 0 Å². The van der Waals surface area contributed by atoms with Gasteiger partial charge in [0.15, 0.2) is 5.82 Å². The number of rotatable bonds is 5. The zero-order valence-corrected chi connectivity index (χ0v) is 15.7. The van der Waals surface area contributed by atoms with Gasteiger partial charge in [-0.05, 0) is 23.8 Å². The maximum Gasteiger partial charge on any atom is 0.276 e. The second kappa shape index (κ2) is 7.89. The summed E-state index contributed by atoms with van der Waals surface area (Å²) in [7, 11) is 1.85. The van der Waals surface area contributed by atoms with Gasteiger partial charge < -0.3 is 9.88 Å². The molecule has 0 spiro atoms. The summed E-state index contributed by atoms with van der Waals surface area (Å²) in [5.41, 5.74) is 2.23. The first kappa shape index (κ1) is 18.3. The van der Waals surface area contributed by atoms with Crippen LogP contribution in [0.4, 0.5) is 5.69 Å². The van der Waals surface area contributed by atoms with Crippen LogP contribution < -0.4 is 10.9 Å². The van der Waals surface area contributed by atoms with E-state index in [2.05, 4.69) is 20.6 Å². The van der Waals surface area contributed by atoms with Crippen molar-refractivity contribution in [2.24, 2.45) is 7.05 Å². The molecule has 4 rings (SSSR count). The molecule has 2 aromatic carbocycles. The minimum Gasteiger partial charge on any atom is -0.321 e. The molecule has 2 heterocycles. The smallest absolute Gasteiger partial charge is 0.276 e. The van der Waals surface area contributed by atoms with Crippen LogP contribution in [-0.4, -0.2) is 30.5 Å². The molecule has 8 heteroatoms. The third-order valence-electron chi connectivity index (χ3n) is 4.36. The Hall–Kier alpha value is -4.07. The van der Waals surface area contributed by atoms with Crippen molar-refractivity contribution in [3.63, 3.8) is 0 Å². The molecule has 144 valence electrons. The molecule has 0 saturated carbocycles. The van der Waals surface area contributed by atoms with Crippen LogP contribution in [0.1, 0.15) is 16.1 Å². The summed E-state index contributed by atoms with van der Waals surface area (Å²) < 4.78 is 3.07. The molecular formula is C21H18N6O2. The lowest BCUT2D eigenvalue weighted by Crippen LogP contribution is -2.26. The fourth-order valence-corrected chi connectivity index (χ4v) is 2.92. The van der Waals surface area contributed by atoms with E-state index < -0.39 is 5.91 Å². The van der Waals surface area contributed by atoms with Gasteiger partial charge in [0.05, 0.1) is 6.54 Å². The number of hydrogen-bond donors (Lipinski definition) is 1. The first-order chi connectivity index (χ1) is 14.1. The van der Waals surface area contributed by atoms with E-state index in [4.69, 9.17) is 0 Å². The summed E-state index contributed by atoms with van der Waals surface area (Å²) in [5, 5.41) is 15.0. The van der Waals surface area contributed by atoms with Crippen LogP contribution in [0.15, 0.2) is 77.9 Å². The second-order valence-electron chi connectivity index (χ2n) is 6.50. The Morgan fingerprint density at radius 1 is 1.03 bits per heavy atom. The monoisotopic (exact) mass is 386 g/mol. The van der Waals surface area contributed by atoms with Crippen LogP contribution in [0.3, 0.4) is 0 Å². The highest BCUT2D eigenvalue weighted by molar-refractivity contribution is 6.02. The number of hydrogen-bond acceptors (Lipinski definition) is 5. The van der Waals surface area contributed by atoms with E-state index in [0.717, 1.165) is 11.1 Å². The van der Waals surface area contributed by atoms with Crippen LogP contribution in [0, 0.1) is 0 Å². The van der Waals surface area contributed by atoms with Crippen LogP contribution >= 0.6 is 0 Å². The van der Waals surface area contributed by atoms with E-state index in [1.165, 1.54) is 16.8 Å². The van der Waals surface area contributed by atoms with E-state index in [0.29, 0.717) is 18.1 Å². The van der Waals surface area contributed by atoms with Crippen molar-refractivity contribution in [1.29, 1.82) is 0 Å². The molecule has 29 heavy (non-hydrogen) atoms. The van der Waals surface area contributed by atoms with Crippen molar-refractivity contribution < 1.29 is 4.79 Å². The van der Waals surface area contributed by atoms with Crippen molar-refractivity contribution in [2.75, 3.05) is 5.32 Å². The van der Waals surface area contributed by atoms with Crippen molar-refractivity contribution in [1.82, 2.24) is 24.5 Å². The molecule has 4 aromatic rings. The maximum absolute atomic E-state index is 12.7. The molecule has 0 atom stereocenters. The van der Waals surface area contributed by atoms with Crippen LogP contribution in [-0.2, 0) is 13.6 Å². The molecule has 0 aliphatic heterocycles. The number of amides is 1. The SMILES string of the molecule is Cn1cnnc1-c1cccc(NC(=O)c2ccc(=O)n(Cc3ccccc3)n2)c1. The van der Waals surface area contributed by atoms with E-state index in [-0.39, 0.29) is 11.3 Å². The fraction of sp³-hybridized carbons (Fsp3) is 0.0952. The largest absolute Gasteiger partial charge is 0.321 e. The summed E-state index contributed by atoms with van der Waals surface area (Å²) in [4.78, 5) is 24.8. The van der Waals surface area contributed by atoms with Crippen molar-refractivity contribution in [3.05, 3.63) is 94.7 Å². The number of carbonyl (C=O) groups is 1.